The molecule has 1 aliphatic carbocycles. The van der Waals surface area contributed by atoms with Gasteiger partial charge in [-0.15, -0.1) is 0 Å². The highest BCUT2D eigenvalue weighted by Gasteiger charge is 2.38. The summed E-state index contributed by atoms with van der Waals surface area (Å²) in [5, 5.41) is 9.36. The first-order valence-electron chi connectivity index (χ1n) is 21.0. The van der Waals surface area contributed by atoms with Crippen molar-refractivity contribution in [1.29, 1.82) is 0 Å². The molecule has 0 unspecified atom stereocenters. The number of hydrogen-bond donors (Lipinski definition) is 0. The monoisotopic (exact) mass is 774 g/mol. The second-order valence-electron chi connectivity index (χ2n) is 18.0. The van der Waals surface area contributed by atoms with Crippen molar-refractivity contribution in [3.05, 3.63) is 169 Å². The first-order chi connectivity index (χ1) is 29.2. The largest absolute Gasteiger partial charge is 0.456 e. The number of rotatable bonds is 4. The molecule has 11 aromatic rings. The molecule has 0 atom stereocenters. The summed E-state index contributed by atoms with van der Waals surface area (Å²) in [6.45, 7) is 9.64. The van der Waals surface area contributed by atoms with Crippen molar-refractivity contribution in [1.82, 2.24) is 19.5 Å². The Morgan fingerprint density at radius 2 is 0.950 bits per heavy atom. The van der Waals surface area contributed by atoms with Gasteiger partial charge in [0.05, 0.1) is 11.0 Å². The van der Waals surface area contributed by atoms with E-state index in [0.717, 1.165) is 60.5 Å². The van der Waals surface area contributed by atoms with E-state index in [1.54, 1.807) is 0 Å². The number of para-hydroxylation sites is 2. The molecule has 12 rings (SSSR count). The molecule has 0 N–H and O–H groups in total. The average Bonchev–Trinajstić information content (AvgIpc) is 3.82. The number of fused-ring (bicyclic) bond motifs is 9. The van der Waals surface area contributed by atoms with Gasteiger partial charge in [0.25, 0.3) is 0 Å². The molecule has 5 nitrogen and oxygen atoms in total. The van der Waals surface area contributed by atoms with Crippen LogP contribution in [-0.2, 0) is 10.8 Å². The van der Waals surface area contributed by atoms with E-state index in [9.17, 15) is 0 Å². The molecule has 0 saturated heterocycles. The summed E-state index contributed by atoms with van der Waals surface area (Å²) in [7, 11) is 0. The SMILES string of the molecule is CC1(C)CCC(C)(C)c2cc3c(cc21)c1ccccc1n3-c1ccc2cc(-c3nc(-c4ccc5ccccc5c4)nc(-c4ccc5c(c4)oc4ccccc45)n3)ccc2c1. The van der Waals surface area contributed by atoms with E-state index < -0.39 is 0 Å². The zero-order valence-corrected chi connectivity index (χ0v) is 34.1. The van der Waals surface area contributed by atoms with E-state index in [4.69, 9.17) is 19.4 Å². The van der Waals surface area contributed by atoms with Crippen LogP contribution in [0.15, 0.2) is 162 Å². The third-order valence-electron chi connectivity index (χ3n) is 13.3. The molecule has 5 heteroatoms. The molecule has 288 valence electrons. The molecular formula is C55H42N4O. The first kappa shape index (κ1) is 34.9. The maximum atomic E-state index is 6.29. The predicted octanol–water partition coefficient (Wildman–Crippen LogP) is 14.5. The minimum absolute atomic E-state index is 0.114. The second-order valence-corrected chi connectivity index (χ2v) is 18.0. The van der Waals surface area contributed by atoms with E-state index in [1.807, 2.05) is 24.3 Å². The van der Waals surface area contributed by atoms with Gasteiger partial charge in [-0.05, 0) is 117 Å². The smallest absolute Gasteiger partial charge is 0.164 e. The summed E-state index contributed by atoms with van der Waals surface area (Å²) in [6, 6.07) is 56.4. The van der Waals surface area contributed by atoms with Gasteiger partial charge in [0.1, 0.15) is 11.2 Å². The van der Waals surface area contributed by atoms with Crippen LogP contribution in [0.3, 0.4) is 0 Å². The van der Waals surface area contributed by atoms with Gasteiger partial charge >= 0.3 is 0 Å². The summed E-state index contributed by atoms with van der Waals surface area (Å²) >= 11 is 0. The molecule has 8 aromatic carbocycles. The van der Waals surface area contributed by atoms with Crippen LogP contribution in [0.5, 0.6) is 0 Å². The van der Waals surface area contributed by atoms with Gasteiger partial charge in [-0.2, -0.15) is 0 Å². The number of hydrogen-bond acceptors (Lipinski definition) is 4. The Morgan fingerprint density at radius 1 is 0.417 bits per heavy atom. The fraction of sp³-hybridized carbons (Fsp3) is 0.145. The molecule has 1 aliphatic rings. The molecule has 3 heterocycles. The standard InChI is InChI=1S/C55H42N4O/c1-54(2)25-26-55(3,4)46-32-48-44(31-45(46)54)41-13-7-9-15-47(41)59(48)40-23-21-35-28-38(20-18-36(35)29-40)52-56-51(37-19-17-33-11-5-6-12-34(33)27-37)57-53(58-52)39-22-24-43-42-14-8-10-16-49(42)60-50(43)30-39/h5-24,27-32H,25-26H2,1-4H3. The van der Waals surface area contributed by atoms with Crippen molar-refractivity contribution in [3.63, 3.8) is 0 Å². The van der Waals surface area contributed by atoms with Crippen LogP contribution in [0, 0.1) is 0 Å². The van der Waals surface area contributed by atoms with Crippen LogP contribution in [0.1, 0.15) is 51.7 Å². The van der Waals surface area contributed by atoms with Gasteiger partial charge in [0.2, 0.25) is 0 Å². The summed E-state index contributed by atoms with van der Waals surface area (Å²) < 4.78 is 8.75. The van der Waals surface area contributed by atoms with Crippen LogP contribution in [0.2, 0.25) is 0 Å². The number of benzene rings is 8. The van der Waals surface area contributed by atoms with Crippen LogP contribution in [-0.4, -0.2) is 19.5 Å². The fourth-order valence-corrected chi connectivity index (χ4v) is 9.78. The molecule has 0 fully saturated rings. The van der Waals surface area contributed by atoms with E-state index in [0.29, 0.717) is 17.5 Å². The normalized spacial score (nSPS) is 14.8. The summed E-state index contributed by atoms with van der Waals surface area (Å²) in [5.41, 5.74) is 11.3. The average molecular weight is 775 g/mol. The lowest BCUT2D eigenvalue weighted by Gasteiger charge is -2.42. The Hall–Kier alpha value is -7.11. The highest BCUT2D eigenvalue weighted by atomic mass is 16.3. The lowest BCUT2D eigenvalue weighted by molar-refractivity contribution is 0.332. The Bertz CT molecular complexity index is 3570. The Morgan fingerprint density at radius 3 is 1.70 bits per heavy atom. The molecule has 0 spiro atoms. The first-order valence-corrected chi connectivity index (χ1v) is 21.0. The van der Waals surface area contributed by atoms with Crippen LogP contribution in [0.25, 0.3) is 105 Å². The van der Waals surface area contributed by atoms with Crippen molar-refractivity contribution >= 4 is 65.3 Å². The van der Waals surface area contributed by atoms with Gasteiger partial charge in [0.15, 0.2) is 17.5 Å². The van der Waals surface area contributed by atoms with Gasteiger partial charge in [-0.3, -0.25) is 0 Å². The molecule has 0 radical (unpaired) electrons. The van der Waals surface area contributed by atoms with Gasteiger partial charge < -0.3 is 8.98 Å². The Labute approximate surface area is 348 Å². The summed E-state index contributed by atoms with van der Waals surface area (Å²) in [5.74, 6) is 1.85. The number of nitrogens with zero attached hydrogens (tertiary/aromatic N) is 4. The summed E-state index contributed by atoms with van der Waals surface area (Å²) in [6.07, 6.45) is 2.37. The van der Waals surface area contributed by atoms with E-state index in [2.05, 4.69) is 166 Å². The zero-order chi connectivity index (χ0) is 40.3. The third kappa shape index (κ3) is 5.42. The highest BCUT2D eigenvalue weighted by molar-refractivity contribution is 6.10. The quantitative estimate of drug-likeness (QED) is 0.179. The lowest BCUT2D eigenvalue weighted by atomic mass is 9.63. The van der Waals surface area contributed by atoms with Crippen molar-refractivity contribution in [2.45, 2.75) is 51.4 Å². The summed E-state index contributed by atoms with van der Waals surface area (Å²) in [4.78, 5) is 15.4. The predicted molar refractivity (Wildman–Crippen MR) is 248 cm³/mol. The van der Waals surface area contributed by atoms with Crippen LogP contribution >= 0.6 is 0 Å². The van der Waals surface area contributed by atoms with Crippen molar-refractivity contribution in [2.75, 3.05) is 0 Å². The number of furan rings is 1. The van der Waals surface area contributed by atoms with Gasteiger partial charge in [0, 0.05) is 43.9 Å². The van der Waals surface area contributed by atoms with Gasteiger partial charge in [-0.25, -0.2) is 15.0 Å². The molecular weight excluding hydrogens is 733 g/mol. The molecule has 3 aromatic heterocycles. The second kappa shape index (κ2) is 12.7. The fourth-order valence-electron chi connectivity index (χ4n) is 9.78. The Kier molecular flexibility index (Phi) is 7.38. The van der Waals surface area contributed by atoms with Gasteiger partial charge in [-0.1, -0.05) is 125 Å². The van der Waals surface area contributed by atoms with E-state index >= 15 is 0 Å². The Balaban J connectivity index is 0.999. The minimum Gasteiger partial charge on any atom is -0.456 e. The molecule has 60 heavy (non-hydrogen) atoms. The maximum absolute atomic E-state index is 6.29. The van der Waals surface area contributed by atoms with Crippen molar-refractivity contribution in [2.24, 2.45) is 0 Å². The maximum Gasteiger partial charge on any atom is 0.164 e. The van der Waals surface area contributed by atoms with Crippen LogP contribution < -0.4 is 0 Å². The van der Waals surface area contributed by atoms with Crippen LogP contribution in [0.4, 0.5) is 0 Å². The minimum atomic E-state index is 0.114. The van der Waals surface area contributed by atoms with Crippen molar-refractivity contribution < 1.29 is 4.42 Å². The molecule has 0 saturated carbocycles. The topological polar surface area (TPSA) is 56.7 Å². The molecule has 0 bridgehead atoms. The van der Waals surface area contributed by atoms with E-state index in [-0.39, 0.29) is 10.8 Å². The van der Waals surface area contributed by atoms with Crippen molar-refractivity contribution in [3.8, 4) is 39.9 Å². The zero-order valence-electron chi connectivity index (χ0n) is 34.1. The number of aromatic nitrogens is 4. The third-order valence-corrected chi connectivity index (χ3v) is 13.3. The highest BCUT2D eigenvalue weighted by Crippen LogP contribution is 2.48. The molecule has 0 amide bonds. The lowest BCUT2D eigenvalue weighted by Crippen LogP contribution is -2.33. The van der Waals surface area contributed by atoms with E-state index in [1.165, 1.54) is 51.2 Å². The molecule has 0 aliphatic heterocycles.